The molecule has 1 aliphatic rings. The maximum absolute atomic E-state index is 12.8. The van der Waals surface area contributed by atoms with Gasteiger partial charge in [-0.05, 0) is 42.7 Å². The van der Waals surface area contributed by atoms with Crippen molar-refractivity contribution < 1.29 is 23.7 Å². The van der Waals surface area contributed by atoms with E-state index in [1.165, 1.54) is 7.11 Å². The molecule has 6 heteroatoms. The minimum Gasteiger partial charge on any atom is -0.495 e. The van der Waals surface area contributed by atoms with Crippen LogP contribution in [-0.4, -0.2) is 20.2 Å². The number of fused-ring (bicyclic) bond motifs is 2. The van der Waals surface area contributed by atoms with Gasteiger partial charge in [-0.3, -0.25) is 0 Å². The lowest BCUT2D eigenvalue weighted by atomic mass is 9.91. The van der Waals surface area contributed by atoms with Gasteiger partial charge in [0.25, 0.3) is 0 Å². The molecule has 3 rings (SSSR count). The van der Waals surface area contributed by atoms with Gasteiger partial charge < -0.3 is 24.7 Å². The van der Waals surface area contributed by atoms with Crippen LogP contribution in [0.2, 0.25) is 0 Å². The topological polar surface area (TPSA) is 80.0 Å². The van der Waals surface area contributed by atoms with Crippen LogP contribution in [0.3, 0.4) is 0 Å². The normalized spacial score (nSPS) is 15.1. The van der Waals surface area contributed by atoms with Crippen molar-refractivity contribution in [1.82, 2.24) is 0 Å². The Kier molecular flexibility index (Phi) is 5.79. The largest absolute Gasteiger partial charge is 0.495 e. The number of nitrogens with two attached hydrogens (primary N) is 1. The van der Waals surface area contributed by atoms with E-state index in [1.807, 2.05) is 25.1 Å². The molecule has 2 unspecified atom stereocenters. The predicted molar refractivity (Wildman–Crippen MR) is 106 cm³/mol. The van der Waals surface area contributed by atoms with Crippen molar-refractivity contribution >= 4 is 5.97 Å². The Balaban J connectivity index is 2.17. The molecule has 0 fully saturated rings. The highest BCUT2D eigenvalue weighted by molar-refractivity contribution is 5.96. The van der Waals surface area contributed by atoms with E-state index in [0.717, 1.165) is 23.1 Å². The molecule has 0 radical (unpaired) electrons. The average Bonchev–Trinajstić information content (AvgIpc) is 2.70. The van der Waals surface area contributed by atoms with E-state index in [4.69, 9.17) is 24.7 Å². The highest BCUT2D eigenvalue weighted by atomic mass is 16.6. The Hall–Kier alpha value is -2.73. The summed E-state index contributed by atoms with van der Waals surface area (Å²) in [6.45, 7) is 6.17. The number of cyclic esters (lactones) is 1. The van der Waals surface area contributed by atoms with Gasteiger partial charge in [-0.15, -0.1) is 0 Å². The fourth-order valence-electron chi connectivity index (χ4n) is 3.41. The monoisotopic (exact) mass is 385 g/mol. The van der Waals surface area contributed by atoms with Crippen LogP contribution >= 0.6 is 0 Å². The van der Waals surface area contributed by atoms with Gasteiger partial charge in [0.15, 0.2) is 11.5 Å². The first-order valence-electron chi connectivity index (χ1n) is 9.40. The second-order valence-corrected chi connectivity index (χ2v) is 7.11. The Morgan fingerprint density at radius 3 is 2.61 bits per heavy atom. The van der Waals surface area contributed by atoms with Gasteiger partial charge in [0.05, 0.1) is 14.2 Å². The standard InChI is InChI=1S/C22H27NO5/c1-6-13(3)19(23)15-7-8-16-18(21(15)26-5)22(24)27-11-14-9-12(2)10-17(25-4)20(14)28-16/h7-10,13,19H,6,11,23H2,1-5H3. The zero-order valence-electron chi connectivity index (χ0n) is 17.0. The van der Waals surface area contributed by atoms with E-state index in [-0.39, 0.29) is 24.1 Å². The van der Waals surface area contributed by atoms with E-state index in [2.05, 4.69) is 13.8 Å². The second-order valence-electron chi connectivity index (χ2n) is 7.11. The van der Waals surface area contributed by atoms with Crippen LogP contribution in [0.25, 0.3) is 0 Å². The van der Waals surface area contributed by atoms with Gasteiger partial charge in [0, 0.05) is 17.2 Å². The molecule has 6 nitrogen and oxygen atoms in total. The van der Waals surface area contributed by atoms with E-state index in [0.29, 0.717) is 23.0 Å². The van der Waals surface area contributed by atoms with Crippen molar-refractivity contribution in [1.29, 1.82) is 0 Å². The molecule has 0 aliphatic carbocycles. The van der Waals surface area contributed by atoms with Crippen LogP contribution in [0.1, 0.15) is 53.4 Å². The summed E-state index contributed by atoms with van der Waals surface area (Å²) in [6.07, 6.45) is 0.909. The molecule has 0 spiro atoms. The van der Waals surface area contributed by atoms with Crippen LogP contribution in [0, 0.1) is 12.8 Å². The van der Waals surface area contributed by atoms with Crippen molar-refractivity contribution in [2.75, 3.05) is 14.2 Å². The lowest BCUT2D eigenvalue weighted by Crippen LogP contribution is -2.21. The van der Waals surface area contributed by atoms with Gasteiger partial charge in [-0.25, -0.2) is 4.79 Å². The van der Waals surface area contributed by atoms with Crippen molar-refractivity contribution in [2.24, 2.45) is 11.7 Å². The Bertz CT molecular complexity index is 893. The van der Waals surface area contributed by atoms with Gasteiger partial charge in [-0.2, -0.15) is 0 Å². The first-order chi connectivity index (χ1) is 13.4. The minimum atomic E-state index is -0.504. The smallest absolute Gasteiger partial charge is 0.346 e. The van der Waals surface area contributed by atoms with Crippen LogP contribution in [0.4, 0.5) is 0 Å². The van der Waals surface area contributed by atoms with Crippen LogP contribution in [0.5, 0.6) is 23.0 Å². The molecule has 2 aromatic rings. The molecule has 0 bridgehead atoms. The first kappa shape index (κ1) is 20.0. The van der Waals surface area contributed by atoms with Gasteiger partial charge in [-0.1, -0.05) is 20.3 Å². The number of benzene rings is 2. The Labute approximate surface area is 165 Å². The molecule has 28 heavy (non-hydrogen) atoms. The highest BCUT2D eigenvalue weighted by Crippen LogP contribution is 2.44. The molecular formula is C22H27NO5. The third-order valence-electron chi connectivity index (χ3n) is 5.24. The molecule has 0 aromatic heterocycles. The maximum atomic E-state index is 12.8. The third-order valence-corrected chi connectivity index (χ3v) is 5.24. The molecule has 2 atom stereocenters. The van der Waals surface area contributed by atoms with Crippen LogP contribution < -0.4 is 19.9 Å². The Morgan fingerprint density at radius 1 is 1.21 bits per heavy atom. The number of carbonyl (C=O) groups excluding carboxylic acids is 1. The summed E-state index contributed by atoms with van der Waals surface area (Å²) in [6, 6.07) is 7.12. The molecule has 150 valence electrons. The van der Waals surface area contributed by atoms with Crippen molar-refractivity contribution in [3.63, 3.8) is 0 Å². The number of ether oxygens (including phenoxy) is 4. The number of carbonyl (C=O) groups is 1. The number of esters is 1. The van der Waals surface area contributed by atoms with Crippen LogP contribution in [-0.2, 0) is 11.3 Å². The fraction of sp³-hybridized carbons (Fsp3) is 0.409. The van der Waals surface area contributed by atoms with Gasteiger partial charge in [0.1, 0.15) is 23.7 Å². The fourth-order valence-corrected chi connectivity index (χ4v) is 3.41. The minimum absolute atomic E-state index is 0.0798. The second kappa shape index (κ2) is 8.10. The van der Waals surface area contributed by atoms with E-state index in [9.17, 15) is 4.79 Å². The summed E-state index contributed by atoms with van der Waals surface area (Å²) in [4.78, 5) is 12.8. The maximum Gasteiger partial charge on any atom is 0.346 e. The number of rotatable bonds is 5. The summed E-state index contributed by atoms with van der Waals surface area (Å²) in [5, 5.41) is 0. The van der Waals surface area contributed by atoms with E-state index in [1.54, 1.807) is 13.2 Å². The van der Waals surface area contributed by atoms with Crippen molar-refractivity contribution in [3.8, 4) is 23.0 Å². The Morgan fingerprint density at radius 2 is 1.96 bits per heavy atom. The molecule has 2 N–H and O–H groups in total. The molecule has 1 aliphatic heterocycles. The van der Waals surface area contributed by atoms with Crippen molar-refractivity contribution in [2.45, 2.75) is 39.8 Å². The lowest BCUT2D eigenvalue weighted by molar-refractivity contribution is 0.0454. The summed E-state index contributed by atoms with van der Waals surface area (Å²) in [5.74, 6) is 1.58. The summed E-state index contributed by atoms with van der Waals surface area (Å²) in [7, 11) is 3.10. The lowest BCUT2D eigenvalue weighted by Gasteiger charge is -2.25. The average molecular weight is 385 g/mol. The van der Waals surface area contributed by atoms with E-state index >= 15 is 0 Å². The van der Waals surface area contributed by atoms with Crippen LogP contribution in [0.15, 0.2) is 24.3 Å². The van der Waals surface area contributed by atoms with E-state index < -0.39 is 5.97 Å². The quantitative estimate of drug-likeness (QED) is 0.762. The summed E-state index contributed by atoms with van der Waals surface area (Å²) in [5.41, 5.74) is 9.15. The third kappa shape index (κ3) is 3.52. The highest BCUT2D eigenvalue weighted by Gasteiger charge is 2.30. The zero-order valence-corrected chi connectivity index (χ0v) is 17.0. The molecule has 1 heterocycles. The summed E-state index contributed by atoms with van der Waals surface area (Å²) < 4.78 is 22.8. The molecule has 0 saturated heterocycles. The number of hydrogen-bond acceptors (Lipinski definition) is 6. The predicted octanol–water partition coefficient (Wildman–Crippen LogP) is 4.52. The zero-order chi connectivity index (χ0) is 20.4. The van der Waals surface area contributed by atoms with Gasteiger partial charge in [0.2, 0.25) is 0 Å². The van der Waals surface area contributed by atoms with Crippen molar-refractivity contribution in [3.05, 3.63) is 46.5 Å². The SMILES string of the molecule is CCC(C)C(N)c1ccc2c(c1OC)C(=O)OCc1cc(C)cc(OC)c1O2. The number of hydrogen-bond donors (Lipinski definition) is 1. The molecule has 2 aromatic carbocycles. The first-order valence-corrected chi connectivity index (χ1v) is 9.40. The molecule has 0 saturated carbocycles. The molecular weight excluding hydrogens is 358 g/mol. The number of aryl methyl sites for hydroxylation is 1. The summed E-state index contributed by atoms with van der Waals surface area (Å²) >= 11 is 0. The van der Waals surface area contributed by atoms with Gasteiger partial charge >= 0.3 is 5.97 Å². The molecule has 0 amide bonds. The number of methoxy groups -OCH3 is 2.